The highest BCUT2D eigenvalue weighted by Gasteiger charge is 2.01. The standard InChI is InChI=1S/C11H18/c1-10(2)9-11-7-5-3-4-6-8-11/h3,5,7,10H,4,6,8-9H2,1-2H3. The molecule has 0 aromatic heterocycles. The summed E-state index contributed by atoms with van der Waals surface area (Å²) in [4.78, 5) is 0. The number of hydrogen-bond acceptors (Lipinski definition) is 0. The molecule has 11 heavy (non-hydrogen) atoms. The van der Waals surface area contributed by atoms with Crippen LogP contribution in [0.5, 0.6) is 0 Å². The van der Waals surface area contributed by atoms with Crippen LogP contribution in [0.3, 0.4) is 0 Å². The van der Waals surface area contributed by atoms with Crippen molar-refractivity contribution < 1.29 is 0 Å². The summed E-state index contributed by atoms with van der Waals surface area (Å²) in [6.07, 6.45) is 12.0. The molecule has 1 aliphatic carbocycles. The van der Waals surface area contributed by atoms with E-state index in [-0.39, 0.29) is 0 Å². The third-order valence-corrected chi connectivity index (χ3v) is 2.01. The molecule has 0 saturated heterocycles. The Bertz CT molecular complexity index is 161. The fraction of sp³-hybridized carbons (Fsp3) is 0.636. The fourth-order valence-electron chi connectivity index (χ4n) is 1.53. The summed E-state index contributed by atoms with van der Waals surface area (Å²) in [5, 5.41) is 0. The molecule has 0 amide bonds. The summed E-state index contributed by atoms with van der Waals surface area (Å²) in [5.74, 6) is 0.813. The summed E-state index contributed by atoms with van der Waals surface area (Å²) < 4.78 is 0. The predicted octanol–water partition coefficient (Wildman–Crippen LogP) is 3.70. The van der Waals surface area contributed by atoms with Crippen molar-refractivity contribution in [2.75, 3.05) is 0 Å². The fourth-order valence-corrected chi connectivity index (χ4v) is 1.53. The maximum atomic E-state index is 2.30. The van der Waals surface area contributed by atoms with E-state index in [0.29, 0.717) is 0 Å². The molecule has 0 heteroatoms. The van der Waals surface area contributed by atoms with Crippen molar-refractivity contribution in [3.05, 3.63) is 23.8 Å². The van der Waals surface area contributed by atoms with Crippen LogP contribution in [0.2, 0.25) is 0 Å². The van der Waals surface area contributed by atoms with Gasteiger partial charge in [0.2, 0.25) is 0 Å². The quantitative estimate of drug-likeness (QED) is 0.563. The van der Waals surface area contributed by atoms with Gasteiger partial charge in [-0.3, -0.25) is 0 Å². The van der Waals surface area contributed by atoms with E-state index in [4.69, 9.17) is 0 Å². The van der Waals surface area contributed by atoms with Gasteiger partial charge in [-0.25, -0.2) is 0 Å². The zero-order valence-electron chi connectivity index (χ0n) is 7.64. The van der Waals surface area contributed by atoms with Crippen molar-refractivity contribution in [1.29, 1.82) is 0 Å². The first kappa shape index (κ1) is 8.58. The van der Waals surface area contributed by atoms with Crippen molar-refractivity contribution in [2.24, 2.45) is 5.92 Å². The highest BCUT2D eigenvalue weighted by Crippen LogP contribution is 2.19. The van der Waals surface area contributed by atoms with E-state index in [1.54, 1.807) is 5.57 Å². The first-order valence-electron chi connectivity index (χ1n) is 4.63. The average molecular weight is 150 g/mol. The Morgan fingerprint density at radius 1 is 1.45 bits per heavy atom. The summed E-state index contributed by atoms with van der Waals surface area (Å²) in [5.41, 5.74) is 1.63. The maximum absolute atomic E-state index is 2.30. The molecule has 0 nitrogen and oxygen atoms in total. The molecular formula is C11H18. The molecule has 0 atom stereocenters. The minimum Gasteiger partial charge on any atom is -0.0845 e. The van der Waals surface area contributed by atoms with Gasteiger partial charge < -0.3 is 0 Å². The van der Waals surface area contributed by atoms with Gasteiger partial charge in [0, 0.05) is 0 Å². The van der Waals surface area contributed by atoms with E-state index in [1.165, 1.54) is 25.7 Å². The third kappa shape index (κ3) is 3.41. The summed E-state index contributed by atoms with van der Waals surface area (Å²) in [6, 6.07) is 0. The second-order valence-corrected chi connectivity index (χ2v) is 3.74. The lowest BCUT2D eigenvalue weighted by molar-refractivity contribution is 0.619. The van der Waals surface area contributed by atoms with E-state index in [0.717, 1.165) is 5.92 Å². The van der Waals surface area contributed by atoms with Gasteiger partial charge in [0.25, 0.3) is 0 Å². The van der Waals surface area contributed by atoms with Crippen molar-refractivity contribution in [1.82, 2.24) is 0 Å². The molecule has 0 heterocycles. The average Bonchev–Trinajstić information content (AvgIpc) is 2.14. The Kier molecular flexibility index (Phi) is 3.41. The van der Waals surface area contributed by atoms with Gasteiger partial charge in [-0.2, -0.15) is 0 Å². The lowest BCUT2D eigenvalue weighted by Gasteiger charge is -2.07. The van der Waals surface area contributed by atoms with Gasteiger partial charge in [0.15, 0.2) is 0 Å². The van der Waals surface area contributed by atoms with Crippen molar-refractivity contribution in [2.45, 2.75) is 39.5 Å². The van der Waals surface area contributed by atoms with Crippen LogP contribution in [0, 0.1) is 5.92 Å². The van der Waals surface area contributed by atoms with Gasteiger partial charge in [-0.15, -0.1) is 0 Å². The van der Waals surface area contributed by atoms with E-state index < -0.39 is 0 Å². The third-order valence-electron chi connectivity index (χ3n) is 2.01. The first-order chi connectivity index (χ1) is 5.29. The largest absolute Gasteiger partial charge is 0.0845 e. The molecule has 0 saturated carbocycles. The molecule has 0 aliphatic heterocycles. The Morgan fingerprint density at radius 2 is 2.27 bits per heavy atom. The van der Waals surface area contributed by atoms with Gasteiger partial charge in [-0.1, -0.05) is 37.6 Å². The Morgan fingerprint density at radius 3 is 3.00 bits per heavy atom. The van der Waals surface area contributed by atoms with E-state index in [1.807, 2.05) is 0 Å². The molecule has 0 radical (unpaired) electrons. The predicted molar refractivity (Wildman–Crippen MR) is 50.5 cm³/mol. The molecular weight excluding hydrogens is 132 g/mol. The van der Waals surface area contributed by atoms with Crippen LogP contribution in [-0.4, -0.2) is 0 Å². The molecule has 62 valence electrons. The zero-order valence-corrected chi connectivity index (χ0v) is 7.64. The molecule has 0 bridgehead atoms. The van der Waals surface area contributed by atoms with Crippen molar-refractivity contribution in [3.63, 3.8) is 0 Å². The number of hydrogen-bond donors (Lipinski definition) is 0. The monoisotopic (exact) mass is 150 g/mol. The molecule has 0 unspecified atom stereocenters. The van der Waals surface area contributed by atoms with Crippen molar-refractivity contribution >= 4 is 0 Å². The van der Waals surface area contributed by atoms with Gasteiger partial charge >= 0.3 is 0 Å². The normalized spacial score (nSPS) is 18.3. The first-order valence-corrected chi connectivity index (χ1v) is 4.63. The molecule has 0 N–H and O–H groups in total. The van der Waals surface area contributed by atoms with Crippen LogP contribution in [0.25, 0.3) is 0 Å². The molecule has 0 fully saturated rings. The molecule has 1 aliphatic rings. The minimum absolute atomic E-state index is 0.813. The molecule has 0 spiro atoms. The highest BCUT2D eigenvalue weighted by molar-refractivity contribution is 5.15. The zero-order chi connectivity index (χ0) is 8.10. The number of rotatable bonds is 2. The lowest BCUT2D eigenvalue weighted by atomic mass is 9.99. The molecule has 0 aromatic carbocycles. The van der Waals surface area contributed by atoms with E-state index in [2.05, 4.69) is 32.1 Å². The van der Waals surface area contributed by atoms with Gasteiger partial charge in [-0.05, 0) is 31.6 Å². The van der Waals surface area contributed by atoms with Crippen LogP contribution >= 0.6 is 0 Å². The van der Waals surface area contributed by atoms with Crippen LogP contribution in [0.4, 0.5) is 0 Å². The second-order valence-electron chi connectivity index (χ2n) is 3.74. The van der Waals surface area contributed by atoms with Gasteiger partial charge in [0.05, 0.1) is 0 Å². The topological polar surface area (TPSA) is 0 Å². The second kappa shape index (κ2) is 4.38. The highest BCUT2D eigenvalue weighted by atomic mass is 14.1. The Hall–Kier alpha value is -0.520. The Labute approximate surface area is 70.0 Å². The van der Waals surface area contributed by atoms with Crippen LogP contribution in [-0.2, 0) is 0 Å². The molecule has 0 aromatic rings. The van der Waals surface area contributed by atoms with Crippen LogP contribution in [0.1, 0.15) is 39.5 Å². The lowest BCUT2D eigenvalue weighted by Crippen LogP contribution is -1.90. The maximum Gasteiger partial charge on any atom is -0.0294 e. The van der Waals surface area contributed by atoms with E-state index in [9.17, 15) is 0 Å². The minimum atomic E-state index is 0.813. The summed E-state index contributed by atoms with van der Waals surface area (Å²) in [7, 11) is 0. The van der Waals surface area contributed by atoms with Crippen LogP contribution in [0.15, 0.2) is 23.8 Å². The Balaban J connectivity index is 2.43. The SMILES string of the molecule is CC(C)CC1=CC=CCCC1. The van der Waals surface area contributed by atoms with E-state index >= 15 is 0 Å². The smallest absolute Gasteiger partial charge is 0.0294 e. The number of allylic oxidation sites excluding steroid dienone is 4. The van der Waals surface area contributed by atoms with Crippen molar-refractivity contribution in [3.8, 4) is 0 Å². The summed E-state index contributed by atoms with van der Waals surface area (Å²) in [6.45, 7) is 4.57. The van der Waals surface area contributed by atoms with Gasteiger partial charge in [0.1, 0.15) is 0 Å². The molecule has 1 rings (SSSR count). The van der Waals surface area contributed by atoms with Crippen LogP contribution < -0.4 is 0 Å². The summed E-state index contributed by atoms with van der Waals surface area (Å²) >= 11 is 0.